The van der Waals surface area contributed by atoms with Gasteiger partial charge in [-0.1, -0.05) is 39.3 Å². The van der Waals surface area contributed by atoms with Gasteiger partial charge in [-0.25, -0.2) is 0 Å². The summed E-state index contributed by atoms with van der Waals surface area (Å²) in [5.74, 6) is -0.521. The Kier molecular flexibility index (Phi) is 6.45. The first-order chi connectivity index (χ1) is 9.11. The van der Waals surface area contributed by atoms with Crippen LogP contribution in [-0.2, 0) is 19.1 Å². The van der Waals surface area contributed by atoms with Crippen LogP contribution in [0.3, 0.4) is 0 Å². The summed E-state index contributed by atoms with van der Waals surface area (Å²) >= 11 is 0. The third-order valence-electron chi connectivity index (χ3n) is 3.32. The fourth-order valence-corrected chi connectivity index (χ4v) is 9.33. The van der Waals surface area contributed by atoms with Crippen LogP contribution in [-0.4, -0.2) is 40.8 Å². The molecule has 0 spiro atoms. The number of esters is 2. The van der Waals surface area contributed by atoms with Crippen LogP contribution in [0.15, 0.2) is 0 Å². The van der Waals surface area contributed by atoms with Gasteiger partial charge in [0.05, 0.1) is 34.3 Å². The van der Waals surface area contributed by atoms with Crippen molar-refractivity contribution in [2.24, 2.45) is 0 Å². The Morgan fingerprint density at radius 2 is 1.14 bits per heavy atom. The molecule has 0 heterocycles. The molecule has 4 nitrogen and oxygen atoms in total. The van der Waals surface area contributed by atoms with Gasteiger partial charge in [-0.15, -0.1) is 0 Å². The van der Waals surface area contributed by atoms with E-state index in [1.54, 1.807) is 0 Å². The van der Waals surface area contributed by atoms with Crippen LogP contribution >= 0.6 is 0 Å². The molecule has 0 aromatic carbocycles. The predicted octanol–water partition coefficient (Wildman–Crippen LogP) is 3.92. The van der Waals surface area contributed by atoms with Crippen LogP contribution in [0.2, 0.25) is 50.4 Å². The maximum atomic E-state index is 12.7. The summed E-state index contributed by atoms with van der Waals surface area (Å²) < 4.78 is 10.6. The van der Waals surface area contributed by atoms with Crippen molar-refractivity contribution in [2.45, 2.75) is 76.7 Å². The number of hydrogen-bond donors (Lipinski definition) is 0. The number of carbonyl (C=O) groups excluding carboxylic acids is 2. The van der Waals surface area contributed by atoms with Gasteiger partial charge in [0.15, 0.2) is 0 Å². The van der Waals surface area contributed by atoms with Gasteiger partial charge in [-0.05, 0) is 20.8 Å². The zero-order chi connectivity index (χ0) is 17.2. The minimum atomic E-state index is -1.94. The molecule has 0 amide bonds. The number of methoxy groups -OCH3 is 1. The standard InChI is InChI=1S/C15H32O4Si2/c1-15(2,3)19-14(17)12(21(8,9)10)11(13(16)18-4)20(5,6)7/h11-12H,1-10H3. The lowest BCUT2D eigenvalue weighted by Gasteiger charge is -2.39. The molecule has 2 atom stereocenters. The molecule has 0 fully saturated rings. The minimum absolute atomic E-state index is 0.250. The normalized spacial score (nSPS) is 16.1. The van der Waals surface area contributed by atoms with Gasteiger partial charge in [0.25, 0.3) is 0 Å². The molecule has 0 bridgehead atoms. The summed E-state index contributed by atoms with van der Waals surface area (Å²) in [5, 5.41) is 0. The van der Waals surface area contributed by atoms with Crippen LogP contribution in [0, 0.1) is 0 Å². The third kappa shape index (κ3) is 6.34. The Hall–Kier alpha value is -0.626. The number of carbonyl (C=O) groups is 2. The quantitative estimate of drug-likeness (QED) is 0.565. The monoisotopic (exact) mass is 332 g/mol. The van der Waals surface area contributed by atoms with Crippen molar-refractivity contribution in [1.29, 1.82) is 0 Å². The van der Waals surface area contributed by atoms with E-state index < -0.39 is 21.7 Å². The molecule has 124 valence electrons. The molecule has 0 aliphatic carbocycles. The van der Waals surface area contributed by atoms with Gasteiger partial charge in [0.2, 0.25) is 0 Å². The van der Waals surface area contributed by atoms with E-state index in [1.165, 1.54) is 7.11 Å². The molecule has 0 aromatic rings. The van der Waals surface area contributed by atoms with E-state index in [4.69, 9.17) is 9.47 Å². The van der Waals surface area contributed by atoms with Crippen molar-refractivity contribution in [3.8, 4) is 0 Å². The molecule has 21 heavy (non-hydrogen) atoms. The summed E-state index contributed by atoms with van der Waals surface area (Å²) in [4.78, 5) is 25.1. The number of ether oxygens (including phenoxy) is 2. The lowest BCUT2D eigenvalue weighted by Crippen LogP contribution is -2.49. The van der Waals surface area contributed by atoms with E-state index in [1.807, 2.05) is 20.8 Å². The Morgan fingerprint density at radius 3 is 1.38 bits per heavy atom. The molecule has 2 unspecified atom stereocenters. The average Bonchev–Trinajstić information content (AvgIpc) is 2.18. The van der Waals surface area contributed by atoms with Crippen LogP contribution in [0.25, 0.3) is 0 Å². The third-order valence-corrected chi connectivity index (χ3v) is 8.52. The second kappa shape index (κ2) is 6.64. The fourth-order valence-electron chi connectivity index (χ4n) is 2.47. The largest absolute Gasteiger partial charge is 0.469 e. The summed E-state index contributed by atoms with van der Waals surface area (Å²) in [6.07, 6.45) is 0. The summed E-state index contributed by atoms with van der Waals surface area (Å²) in [7, 11) is -2.47. The number of rotatable bonds is 5. The van der Waals surface area contributed by atoms with Crippen LogP contribution in [0.5, 0.6) is 0 Å². The lowest BCUT2D eigenvalue weighted by molar-refractivity contribution is -0.157. The number of hydrogen-bond acceptors (Lipinski definition) is 4. The smallest absolute Gasteiger partial charge is 0.307 e. The highest BCUT2D eigenvalue weighted by molar-refractivity contribution is 6.87. The van der Waals surface area contributed by atoms with Crippen LogP contribution in [0.4, 0.5) is 0 Å². The van der Waals surface area contributed by atoms with Gasteiger partial charge < -0.3 is 9.47 Å². The van der Waals surface area contributed by atoms with Crippen molar-refractivity contribution in [2.75, 3.05) is 7.11 Å². The SMILES string of the molecule is COC(=O)C(C(C(=O)OC(C)(C)C)[Si](C)(C)C)[Si](C)(C)C. The first kappa shape index (κ1) is 20.4. The highest BCUT2D eigenvalue weighted by Gasteiger charge is 2.50. The van der Waals surface area contributed by atoms with Crippen molar-refractivity contribution in [3.05, 3.63) is 0 Å². The lowest BCUT2D eigenvalue weighted by atomic mass is 10.2. The van der Waals surface area contributed by atoms with Gasteiger partial charge in [-0.3, -0.25) is 9.59 Å². The average molecular weight is 333 g/mol. The van der Waals surface area contributed by atoms with Crippen LogP contribution in [0.1, 0.15) is 20.8 Å². The summed E-state index contributed by atoms with van der Waals surface area (Å²) in [6.45, 7) is 18.2. The molecule has 0 N–H and O–H groups in total. The zero-order valence-electron chi connectivity index (χ0n) is 15.3. The van der Waals surface area contributed by atoms with Crippen molar-refractivity contribution in [3.63, 3.8) is 0 Å². The first-order valence-corrected chi connectivity index (χ1v) is 14.6. The topological polar surface area (TPSA) is 52.6 Å². The molecular formula is C15H32O4Si2. The fraction of sp³-hybridized carbons (Fsp3) is 0.867. The van der Waals surface area contributed by atoms with Gasteiger partial charge in [0, 0.05) is 0 Å². The van der Waals surface area contributed by atoms with Gasteiger partial charge in [-0.2, -0.15) is 0 Å². The second-order valence-electron chi connectivity index (χ2n) is 8.74. The second-order valence-corrected chi connectivity index (χ2v) is 19.5. The van der Waals surface area contributed by atoms with E-state index in [0.717, 1.165) is 0 Å². The van der Waals surface area contributed by atoms with Crippen molar-refractivity contribution < 1.29 is 19.1 Å². The van der Waals surface area contributed by atoms with E-state index in [2.05, 4.69) is 39.3 Å². The molecule has 0 saturated heterocycles. The van der Waals surface area contributed by atoms with Crippen molar-refractivity contribution >= 4 is 28.1 Å². The Labute approximate surface area is 131 Å². The molecule has 0 rings (SSSR count). The Bertz CT molecular complexity index is 386. The predicted molar refractivity (Wildman–Crippen MR) is 92.1 cm³/mol. The van der Waals surface area contributed by atoms with E-state index in [9.17, 15) is 9.59 Å². The molecule has 0 saturated carbocycles. The van der Waals surface area contributed by atoms with Crippen LogP contribution < -0.4 is 0 Å². The molecule has 6 heteroatoms. The first-order valence-electron chi connectivity index (χ1n) is 7.42. The molecular weight excluding hydrogens is 300 g/mol. The molecule has 0 aliphatic rings. The summed E-state index contributed by atoms with van der Waals surface area (Å²) in [6, 6.07) is 0. The van der Waals surface area contributed by atoms with Gasteiger partial charge >= 0.3 is 11.9 Å². The maximum Gasteiger partial charge on any atom is 0.307 e. The van der Waals surface area contributed by atoms with E-state index >= 15 is 0 Å². The van der Waals surface area contributed by atoms with Crippen molar-refractivity contribution in [1.82, 2.24) is 0 Å². The molecule has 0 radical (unpaired) electrons. The summed E-state index contributed by atoms with van der Waals surface area (Å²) in [5.41, 5.74) is -1.27. The maximum absolute atomic E-state index is 12.7. The highest BCUT2D eigenvalue weighted by Crippen LogP contribution is 2.43. The highest BCUT2D eigenvalue weighted by atomic mass is 28.3. The Balaban J connectivity index is 5.78. The molecule has 0 aromatic heterocycles. The zero-order valence-corrected chi connectivity index (χ0v) is 17.3. The molecule has 0 aliphatic heterocycles. The van der Waals surface area contributed by atoms with E-state index in [0.29, 0.717) is 0 Å². The van der Waals surface area contributed by atoms with Gasteiger partial charge in [0.1, 0.15) is 5.60 Å². The minimum Gasteiger partial charge on any atom is -0.469 e. The van der Waals surface area contributed by atoms with E-state index in [-0.39, 0.29) is 23.0 Å². The Morgan fingerprint density at radius 1 is 0.810 bits per heavy atom.